The maximum Gasteiger partial charge on any atom is 0.306 e. The van der Waals surface area contributed by atoms with E-state index in [1.807, 2.05) is 36.6 Å². The first kappa shape index (κ1) is 20.3. The van der Waals surface area contributed by atoms with Gasteiger partial charge in [-0.3, -0.25) is 14.0 Å². The highest BCUT2D eigenvalue weighted by Gasteiger charge is 2.39. The lowest BCUT2D eigenvalue weighted by Gasteiger charge is -2.39. The van der Waals surface area contributed by atoms with Gasteiger partial charge in [-0.1, -0.05) is 0 Å². The zero-order chi connectivity index (χ0) is 20.3. The van der Waals surface area contributed by atoms with E-state index in [2.05, 4.69) is 16.9 Å². The van der Waals surface area contributed by atoms with Gasteiger partial charge < -0.3 is 14.4 Å². The number of fused-ring (bicyclic) bond motifs is 1. The van der Waals surface area contributed by atoms with Crippen LogP contribution in [0.2, 0.25) is 0 Å². The predicted molar refractivity (Wildman–Crippen MR) is 106 cm³/mol. The molecule has 3 rings (SSSR count). The topological polar surface area (TPSA) is 73.1 Å². The molecule has 28 heavy (non-hydrogen) atoms. The molecule has 1 aliphatic rings. The molecular formula is C21H29N3O4. The second-order valence-corrected chi connectivity index (χ2v) is 7.70. The molecule has 0 saturated carbocycles. The van der Waals surface area contributed by atoms with Crippen LogP contribution in [-0.4, -0.2) is 59.9 Å². The molecule has 1 saturated heterocycles. The van der Waals surface area contributed by atoms with E-state index in [1.165, 1.54) is 7.11 Å². The molecule has 0 spiro atoms. The fourth-order valence-electron chi connectivity index (χ4n) is 4.07. The molecule has 1 fully saturated rings. The number of pyridine rings is 1. The van der Waals surface area contributed by atoms with Crippen LogP contribution in [0.25, 0.3) is 5.65 Å². The number of hydrogen-bond acceptors (Lipinski definition) is 6. The summed E-state index contributed by atoms with van der Waals surface area (Å²) in [5, 5.41) is 0. The van der Waals surface area contributed by atoms with Crippen LogP contribution < -0.4 is 4.74 Å². The monoisotopic (exact) mass is 387 g/mol. The summed E-state index contributed by atoms with van der Waals surface area (Å²) in [6.07, 6.45) is 4.01. The first-order valence-electron chi connectivity index (χ1n) is 9.78. The molecule has 0 radical (unpaired) electrons. The molecule has 0 bridgehead atoms. The number of ketones is 1. The number of rotatable bonds is 7. The van der Waals surface area contributed by atoms with Crippen LogP contribution in [0.3, 0.4) is 0 Å². The summed E-state index contributed by atoms with van der Waals surface area (Å²) in [5.74, 6) is 0.411. The average Bonchev–Trinajstić information content (AvgIpc) is 3.01. The number of piperidine rings is 1. The van der Waals surface area contributed by atoms with Gasteiger partial charge in [0.25, 0.3) is 0 Å². The molecule has 1 aliphatic heterocycles. The molecular weight excluding hydrogens is 358 g/mol. The van der Waals surface area contributed by atoms with Gasteiger partial charge in [-0.2, -0.15) is 0 Å². The molecule has 7 heteroatoms. The van der Waals surface area contributed by atoms with Crippen molar-refractivity contribution in [3.8, 4) is 5.75 Å². The third kappa shape index (κ3) is 4.04. The maximum absolute atomic E-state index is 13.4. The van der Waals surface area contributed by atoms with Crippen LogP contribution in [0.5, 0.6) is 5.75 Å². The van der Waals surface area contributed by atoms with Gasteiger partial charge in [0.1, 0.15) is 5.69 Å². The number of imidazole rings is 1. The Kier molecular flexibility index (Phi) is 6.03. The van der Waals surface area contributed by atoms with Crippen molar-refractivity contribution in [1.82, 2.24) is 14.3 Å². The number of carbonyl (C=O) groups excluding carboxylic acids is 2. The van der Waals surface area contributed by atoms with E-state index < -0.39 is 0 Å². The smallest absolute Gasteiger partial charge is 0.306 e. The molecule has 0 unspecified atom stereocenters. The number of hydrogen-bond donors (Lipinski definition) is 0. The normalized spacial score (nSPS) is 16.9. The second kappa shape index (κ2) is 8.31. The molecule has 2 aromatic rings. The summed E-state index contributed by atoms with van der Waals surface area (Å²) < 4.78 is 12.4. The lowest BCUT2D eigenvalue weighted by molar-refractivity contribution is -0.144. The number of likely N-dealkylation sites (tertiary alicyclic amines) is 1. The third-order valence-electron chi connectivity index (χ3n) is 5.68. The Labute approximate surface area is 165 Å². The predicted octanol–water partition coefficient (Wildman–Crippen LogP) is 2.89. The van der Waals surface area contributed by atoms with Gasteiger partial charge in [0, 0.05) is 12.6 Å². The standard InChI is InChI=1S/C21H29N3O4/c1-5-28-17-7-6-10-24-19(15(2)22-20(17)24)16(25)13-21(14-18(26)27-4)8-11-23(3)12-9-21/h6-7,10H,5,8-9,11-14H2,1-4H3. The Balaban J connectivity index is 1.93. The summed E-state index contributed by atoms with van der Waals surface area (Å²) >= 11 is 0. The largest absolute Gasteiger partial charge is 0.490 e. The summed E-state index contributed by atoms with van der Waals surface area (Å²) in [6.45, 7) is 6.03. The van der Waals surface area contributed by atoms with E-state index in [9.17, 15) is 9.59 Å². The van der Waals surface area contributed by atoms with E-state index in [1.54, 1.807) is 0 Å². The Morgan fingerprint density at radius 2 is 1.96 bits per heavy atom. The summed E-state index contributed by atoms with van der Waals surface area (Å²) in [6, 6.07) is 3.71. The molecule has 0 aliphatic carbocycles. The minimum Gasteiger partial charge on any atom is -0.490 e. The highest BCUT2D eigenvalue weighted by molar-refractivity contribution is 5.97. The van der Waals surface area contributed by atoms with Gasteiger partial charge in [0.05, 0.1) is 25.8 Å². The molecule has 3 heterocycles. The van der Waals surface area contributed by atoms with Crippen molar-refractivity contribution in [2.45, 2.75) is 39.5 Å². The average molecular weight is 387 g/mol. The Hall–Kier alpha value is -2.41. The Morgan fingerprint density at radius 1 is 1.25 bits per heavy atom. The quantitative estimate of drug-likeness (QED) is 0.537. The minimum atomic E-state index is -0.370. The highest BCUT2D eigenvalue weighted by atomic mass is 16.5. The molecule has 0 aromatic carbocycles. The Morgan fingerprint density at radius 3 is 2.61 bits per heavy atom. The molecule has 2 aromatic heterocycles. The summed E-state index contributed by atoms with van der Waals surface area (Å²) in [5.41, 5.74) is 1.53. The van der Waals surface area contributed by atoms with Crippen LogP contribution in [0.1, 0.15) is 48.8 Å². The SMILES string of the molecule is CCOc1cccn2c(C(=O)CC3(CC(=O)OC)CCN(C)CC3)c(C)nc12. The number of methoxy groups -OCH3 is 1. The van der Waals surface area contributed by atoms with Crippen LogP contribution in [0, 0.1) is 12.3 Å². The van der Waals surface area contributed by atoms with E-state index in [4.69, 9.17) is 9.47 Å². The molecule has 7 nitrogen and oxygen atoms in total. The lowest BCUT2D eigenvalue weighted by atomic mass is 9.71. The van der Waals surface area contributed by atoms with Gasteiger partial charge in [-0.25, -0.2) is 4.98 Å². The fraction of sp³-hybridized carbons (Fsp3) is 0.571. The van der Waals surface area contributed by atoms with Crippen LogP contribution in [-0.2, 0) is 9.53 Å². The van der Waals surface area contributed by atoms with E-state index in [-0.39, 0.29) is 23.6 Å². The van der Waals surface area contributed by atoms with Gasteiger partial charge in [-0.15, -0.1) is 0 Å². The van der Waals surface area contributed by atoms with Crippen molar-refractivity contribution in [2.24, 2.45) is 5.41 Å². The molecule has 0 amide bonds. The van der Waals surface area contributed by atoms with E-state index in [0.717, 1.165) is 25.9 Å². The minimum absolute atomic E-state index is 0.00658. The zero-order valence-electron chi connectivity index (χ0n) is 17.2. The molecule has 0 atom stereocenters. The number of nitrogens with zero attached hydrogens (tertiary/aromatic N) is 3. The van der Waals surface area contributed by atoms with Crippen molar-refractivity contribution in [3.63, 3.8) is 0 Å². The van der Waals surface area contributed by atoms with Gasteiger partial charge in [0.2, 0.25) is 0 Å². The first-order valence-corrected chi connectivity index (χ1v) is 9.78. The van der Waals surface area contributed by atoms with Crippen molar-refractivity contribution in [3.05, 3.63) is 29.7 Å². The number of ether oxygens (including phenoxy) is 2. The van der Waals surface area contributed by atoms with Crippen molar-refractivity contribution < 1.29 is 19.1 Å². The number of Topliss-reactive ketones (excluding diaryl/α,β-unsaturated/α-hetero) is 1. The van der Waals surface area contributed by atoms with Crippen LogP contribution >= 0.6 is 0 Å². The molecule has 0 N–H and O–H groups in total. The van der Waals surface area contributed by atoms with Crippen LogP contribution in [0.4, 0.5) is 0 Å². The Bertz CT molecular complexity index is 866. The third-order valence-corrected chi connectivity index (χ3v) is 5.68. The fourth-order valence-corrected chi connectivity index (χ4v) is 4.07. The van der Waals surface area contributed by atoms with Crippen molar-refractivity contribution in [1.29, 1.82) is 0 Å². The highest BCUT2D eigenvalue weighted by Crippen LogP contribution is 2.40. The van der Waals surface area contributed by atoms with Gasteiger partial charge in [0.15, 0.2) is 17.2 Å². The maximum atomic E-state index is 13.4. The number of esters is 1. The molecule has 152 valence electrons. The first-order chi connectivity index (χ1) is 13.4. The van der Waals surface area contributed by atoms with Crippen LogP contribution in [0.15, 0.2) is 18.3 Å². The van der Waals surface area contributed by atoms with Gasteiger partial charge >= 0.3 is 5.97 Å². The number of carbonyl (C=O) groups is 2. The zero-order valence-corrected chi connectivity index (χ0v) is 17.2. The number of aromatic nitrogens is 2. The summed E-state index contributed by atoms with van der Waals surface area (Å²) in [7, 11) is 3.46. The van der Waals surface area contributed by atoms with E-state index in [0.29, 0.717) is 35.8 Å². The van der Waals surface area contributed by atoms with Crippen molar-refractivity contribution in [2.75, 3.05) is 33.9 Å². The second-order valence-electron chi connectivity index (χ2n) is 7.70. The lowest BCUT2D eigenvalue weighted by Crippen LogP contribution is -2.41. The van der Waals surface area contributed by atoms with E-state index >= 15 is 0 Å². The summed E-state index contributed by atoms with van der Waals surface area (Å²) in [4.78, 5) is 32.2. The van der Waals surface area contributed by atoms with Gasteiger partial charge in [-0.05, 0) is 64.4 Å². The van der Waals surface area contributed by atoms with Crippen molar-refractivity contribution >= 4 is 17.4 Å². The number of aryl methyl sites for hydroxylation is 1.